The number of carbonyl (C=O) groups is 1. The van der Waals surface area contributed by atoms with Gasteiger partial charge in [0.05, 0.1) is 17.3 Å². The number of halogens is 2. The summed E-state index contributed by atoms with van der Waals surface area (Å²) in [4.78, 5) is 14.1. The maximum atomic E-state index is 14.2. The van der Waals surface area contributed by atoms with Crippen molar-refractivity contribution < 1.29 is 18.7 Å². The van der Waals surface area contributed by atoms with Crippen molar-refractivity contribution >= 4 is 17.3 Å². The van der Waals surface area contributed by atoms with Crippen molar-refractivity contribution in [2.24, 2.45) is 11.8 Å². The Bertz CT molecular complexity index is 1050. The SMILES string of the molecule is O=C(NC1CCCCC1)C(C1CCCCC1)C1(CCc2ccccc2O)Nc2cc(F)c(F)cc2N1. The van der Waals surface area contributed by atoms with E-state index in [2.05, 4.69) is 16.0 Å². The van der Waals surface area contributed by atoms with E-state index in [1.165, 1.54) is 18.6 Å². The molecule has 5 nitrogen and oxygen atoms in total. The van der Waals surface area contributed by atoms with E-state index in [4.69, 9.17) is 0 Å². The Morgan fingerprint density at radius 2 is 1.53 bits per heavy atom. The first kappa shape index (κ1) is 24.8. The molecule has 7 heteroatoms. The zero-order valence-electron chi connectivity index (χ0n) is 20.8. The number of anilines is 2. The van der Waals surface area contributed by atoms with Crippen molar-refractivity contribution in [3.63, 3.8) is 0 Å². The van der Waals surface area contributed by atoms with Crippen LogP contribution in [0.1, 0.15) is 76.2 Å². The number of carbonyl (C=O) groups excluding carboxylic acids is 1. The molecule has 194 valence electrons. The second kappa shape index (κ2) is 10.7. The lowest BCUT2D eigenvalue weighted by Gasteiger charge is -2.44. The van der Waals surface area contributed by atoms with Gasteiger partial charge in [-0.3, -0.25) is 4.79 Å². The van der Waals surface area contributed by atoms with Crippen LogP contribution in [0.5, 0.6) is 5.75 Å². The van der Waals surface area contributed by atoms with Gasteiger partial charge in [-0.05, 0) is 56.1 Å². The zero-order valence-corrected chi connectivity index (χ0v) is 20.8. The fraction of sp³-hybridized carbons (Fsp3) is 0.552. The van der Waals surface area contributed by atoms with Gasteiger partial charge >= 0.3 is 0 Å². The average molecular weight is 498 g/mol. The summed E-state index contributed by atoms with van der Waals surface area (Å²) in [5, 5.41) is 20.7. The molecule has 0 aromatic heterocycles. The van der Waals surface area contributed by atoms with Crippen LogP contribution in [0.4, 0.5) is 20.2 Å². The molecule has 2 saturated carbocycles. The number of hydrogen-bond acceptors (Lipinski definition) is 4. The highest BCUT2D eigenvalue weighted by Crippen LogP contribution is 2.46. The van der Waals surface area contributed by atoms with Gasteiger partial charge in [-0.15, -0.1) is 0 Å². The number of fused-ring (bicyclic) bond motifs is 1. The smallest absolute Gasteiger partial charge is 0.227 e. The van der Waals surface area contributed by atoms with Gasteiger partial charge < -0.3 is 21.1 Å². The van der Waals surface area contributed by atoms with Gasteiger partial charge in [0.15, 0.2) is 11.6 Å². The summed E-state index contributed by atoms with van der Waals surface area (Å²) in [5.41, 5.74) is 0.796. The standard InChI is InChI=1S/C29H37F2N3O2/c30-22-17-24-25(18-23(22)31)34-29(33-24,16-15-19-9-7-8-14-26(19)35)27(20-10-3-1-4-11-20)28(36)32-21-12-5-2-6-13-21/h7-9,14,17-18,20-21,27,33-35H,1-6,10-13,15-16H2,(H,32,36). The molecular formula is C29H37F2N3O2. The van der Waals surface area contributed by atoms with Crippen LogP contribution in [0.3, 0.4) is 0 Å². The summed E-state index contributed by atoms with van der Waals surface area (Å²) in [5.74, 6) is -1.89. The summed E-state index contributed by atoms with van der Waals surface area (Å²) in [6, 6.07) is 9.72. The Balaban J connectivity index is 1.50. The molecule has 1 aliphatic heterocycles. The van der Waals surface area contributed by atoms with E-state index in [9.17, 15) is 18.7 Å². The van der Waals surface area contributed by atoms with Crippen LogP contribution in [-0.4, -0.2) is 22.7 Å². The van der Waals surface area contributed by atoms with Crippen molar-refractivity contribution in [1.82, 2.24) is 5.32 Å². The summed E-state index contributed by atoms with van der Waals surface area (Å²) >= 11 is 0. The third kappa shape index (κ3) is 5.16. The molecule has 36 heavy (non-hydrogen) atoms. The van der Waals surface area contributed by atoms with Gasteiger partial charge in [0, 0.05) is 18.2 Å². The molecule has 0 radical (unpaired) electrons. The number of nitrogens with one attached hydrogen (secondary N) is 3. The molecule has 2 aromatic rings. The molecule has 1 heterocycles. The van der Waals surface area contributed by atoms with Crippen molar-refractivity contribution in [2.75, 3.05) is 10.6 Å². The quantitative estimate of drug-likeness (QED) is 0.353. The first-order chi connectivity index (χ1) is 17.4. The van der Waals surface area contributed by atoms with Gasteiger partial charge in [0.2, 0.25) is 5.91 Å². The molecule has 1 atom stereocenters. The van der Waals surface area contributed by atoms with Gasteiger partial charge in [-0.2, -0.15) is 0 Å². The number of hydrogen-bond donors (Lipinski definition) is 4. The van der Waals surface area contributed by atoms with Crippen molar-refractivity contribution in [3.8, 4) is 5.75 Å². The monoisotopic (exact) mass is 497 g/mol. The van der Waals surface area contributed by atoms with Gasteiger partial charge in [-0.25, -0.2) is 8.78 Å². The molecule has 4 N–H and O–H groups in total. The van der Waals surface area contributed by atoms with E-state index < -0.39 is 23.2 Å². The Morgan fingerprint density at radius 1 is 0.944 bits per heavy atom. The summed E-state index contributed by atoms with van der Waals surface area (Å²) < 4.78 is 28.4. The predicted octanol–water partition coefficient (Wildman–Crippen LogP) is 6.48. The maximum Gasteiger partial charge on any atom is 0.227 e. The second-order valence-corrected chi connectivity index (χ2v) is 10.9. The molecule has 2 aromatic carbocycles. The molecule has 1 amide bonds. The van der Waals surface area contributed by atoms with Crippen LogP contribution in [-0.2, 0) is 11.2 Å². The number of benzene rings is 2. The molecule has 0 bridgehead atoms. The number of para-hydroxylation sites is 1. The third-order valence-electron chi connectivity index (χ3n) is 8.44. The minimum atomic E-state index is -0.925. The number of aryl methyl sites for hydroxylation is 1. The van der Waals surface area contributed by atoms with Crippen LogP contribution in [0, 0.1) is 23.5 Å². The molecular weight excluding hydrogens is 460 g/mol. The van der Waals surface area contributed by atoms with Crippen molar-refractivity contribution in [2.45, 2.75) is 88.8 Å². The van der Waals surface area contributed by atoms with Crippen LogP contribution in [0.2, 0.25) is 0 Å². The average Bonchev–Trinajstić information content (AvgIpc) is 3.22. The normalized spacial score (nSPS) is 20.7. The van der Waals surface area contributed by atoms with E-state index in [1.807, 2.05) is 12.1 Å². The maximum absolute atomic E-state index is 14.2. The Labute approximate surface area is 212 Å². The lowest BCUT2D eigenvalue weighted by Crippen LogP contribution is -2.59. The third-order valence-corrected chi connectivity index (χ3v) is 8.44. The molecule has 2 aliphatic carbocycles. The highest BCUT2D eigenvalue weighted by atomic mass is 19.2. The highest BCUT2D eigenvalue weighted by molar-refractivity contribution is 5.86. The van der Waals surface area contributed by atoms with Crippen LogP contribution in [0.25, 0.3) is 0 Å². The van der Waals surface area contributed by atoms with Crippen LogP contribution < -0.4 is 16.0 Å². The van der Waals surface area contributed by atoms with Gasteiger partial charge in [0.25, 0.3) is 0 Å². The minimum Gasteiger partial charge on any atom is -0.508 e. The van der Waals surface area contributed by atoms with E-state index in [0.29, 0.717) is 24.2 Å². The molecule has 3 aliphatic rings. The predicted molar refractivity (Wildman–Crippen MR) is 138 cm³/mol. The number of phenols is 1. The summed E-state index contributed by atoms with van der Waals surface area (Å²) in [6.45, 7) is 0. The minimum absolute atomic E-state index is 0.0137. The lowest BCUT2D eigenvalue weighted by atomic mass is 9.71. The Kier molecular flexibility index (Phi) is 7.35. The number of rotatable bonds is 7. The van der Waals surface area contributed by atoms with Gasteiger partial charge in [0.1, 0.15) is 11.4 Å². The number of aromatic hydroxyl groups is 1. The second-order valence-electron chi connectivity index (χ2n) is 10.9. The van der Waals surface area contributed by atoms with E-state index in [-0.39, 0.29) is 23.6 Å². The number of phenolic OH excluding ortho intramolecular Hbond substituents is 1. The van der Waals surface area contributed by atoms with Crippen molar-refractivity contribution in [3.05, 3.63) is 53.6 Å². The molecule has 2 fully saturated rings. The topological polar surface area (TPSA) is 73.4 Å². The summed E-state index contributed by atoms with van der Waals surface area (Å²) in [7, 11) is 0. The molecule has 0 spiro atoms. The van der Waals surface area contributed by atoms with E-state index >= 15 is 0 Å². The van der Waals surface area contributed by atoms with E-state index in [0.717, 1.165) is 63.4 Å². The molecule has 1 unspecified atom stereocenters. The highest BCUT2D eigenvalue weighted by Gasteiger charge is 2.50. The Hall–Kier alpha value is -2.83. The van der Waals surface area contributed by atoms with Crippen LogP contribution >= 0.6 is 0 Å². The molecule has 5 rings (SSSR count). The largest absolute Gasteiger partial charge is 0.508 e. The van der Waals surface area contributed by atoms with E-state index in [1.54, 1.807) is 12.1 Å². The lowest BCUT2D eigenvalue weighted by molar-refractivity contribution is -0.130. The fourth-order valence-corrected chi connectivity index (χ4v) is 6.60. The Morgan fingerprint density at radius 3 is 2.14 bits per heavy atom. The molecule has 0 saturated heterocycles. The first-order valence-electron chi connectivity index (χ1n) is 13.6. The summed E-state index contributed by atoms with van der Waals surface area (Å²) in [6.07, 6.45) is 11.6. The van der Waals surface area contributed by atoms with Crippen LogP contribution in [0.15, 0.2) is 36.4 Å². The zero-order chi connectivity index (χ0) is 25.1. The van der Waals surface area contributed by atoms with Gasteiger partial charge in [-0.1, -0.05) is 56.7 Å². The van der Waals surface area contributed by atoms with Crippen molar-refractivity contribution in [1.29, 1.82) is 0 Å². The number of amides is 1. The first-order valence-corrected chi connectivity index (χ1v) is 13.6. The fourth-order valence-electron chi connectivity index (χ4n) is 6.60.